The van der Waals surface area contributed by atoms with Crippen LogP contribution in [0.3, 0.4) is 0 Å². The van der Waals surface area contributed by atoms with Crippen LogP contribution in [-0.4, -0.2) is 47.4 Å². The Labute approximate surface area is 148 Å². The highest BCUT2D eigenvalue weighted by atomic mass is 32.2. The molecular weight excluding hydrogens is 320 g/mol. The Morgan fingerprint density at radius 3 is 2.67 bits per heavy atom. The van der Waals surface area contributed by atoms with Crippen LogP contribution in [0.25, 0.3) is 0 Å². The van der Waals surface area contributed by atoms with E-state index in [2.05, 4.69) is 6.92 Å². The maximum Gasteiger partial charge on any atom is 0.253 e. The van der Waals surface area contributed by atoms with Crippen LogP contribution >= 0.6 is 11.8 Å². The van der Waals surface area contributed by atoms with Crippen molar-refractivity contribution in [3.8, 4) is 0 Å². The van der Waals surface area contributed by atoms with Crippen LogP contribution in [0.1, 0.15) is 49.4 Å². The Morgan fingerprint density at radius 1 is 1.29 bits per heavy atom. The molecule has 5 heteroatoms. The molecule has 0 N–H and O–H groups in total. The largest absolute Gasteiger partial charge is 0.339 e. The molecule has 1 saturated carbocycles. The van der Waals surface area contributed by atoms with E-state index in [1.807, 2.05) is 52.9 Å². The molecule has 0 unspecified atom stereocenters. The second-order valence-electron chi connectivity index (χ2n) is 6.66. The summed E-state index contributed by atoms with van der Waals surface area (Å²) in [6.45, 7) is 2.98. The molecule has 0 radical (unpaired) electrons. The summed E-state index contributed by atoms with van der Waals surface area (Å²) >= 11 is 2.01. The number of rotatable bonds is 5. The van der Waals surface area contributed by atoms with Crippen molar-refractivity contribution in [2.45, 2.75) is 50.3 Å². The normalized spacial score (nSPS) is 23.8. The molecule has 1 aromatic rings. The number of hydrogen-bond donors (Lipinski definition) is 0. The van der Waals surface area contributed by atoms with E-state index in [1.54, 1.807) is 0 Å². The quantitative estimate of drug-likeness (QED) is 0.818. The second-order valence-corrected chi connectivity index (χ2v) is 8.23. The lowest BCUT2D eigenvalue weighted by molar-refractivity contribution is -0.117. The summed E-state index contributed by atoms with van der Waals surface area (Å²) < 4.78 is 0. The average molecular weight is 346 g/mol. The van der Waals surface area contributed by atoms with Gasteiger partial charge < -0.3 is 9.80 Å². The monoisotopic (exact) mass is 346 g/mol. The number of amides is 2. The molecule has 130 valence electrons. The van der Waals surface area contributed by atoms with Gasteiger partial charge in [-0.05, 0) is 55.7 Å². The Balaban J connectivity index is 1.63. The van der Waals surface area contributed by atoms with Gasteiger partial charge in [0.05, 0.1) is 0 Å². The van der Waals surface area contributed by atoms with Gasteiger partial charge in [-0.25, -0.2) is 0 Å². The van der Waals surface area contributed by atoms with Gasteiger partial charge in [0.25, 0.3) is 5.91 Å². The van der Waals surface area contributed by atoms with Crippen LogP contribution < -0.4 is 4.90 Å². The van der Waals surface area contributed by atoms with Crippen molar-refractivity contribution < 1.29 is 9.59 Å². The molecule has 1 saturated heterocycles. The van der Waals surface area contributed by atoms with E-state index in [1.165, 1.54) is 6.42 Å². The number of carbonyl (C=O) groups excluding carboxylic acids is 2. The first-order chi connectivity index (χ1) is 11.6. The average Bonchev–Trinajstić information content (AvgIpc) is 3.23. The summed E-state index contributed by atoms with van der Waals surface area (Å²) in [5.41, 5.74) is 1.61. The third kappa shape index (κ3) is 3.61. The summed E-state index contributed by atoms with van der Waals surface area (Å²) in [6.07, 6.45) is 4.95. The zero-order valence-corrected chi connectivity index (χ0v) is 15.3. The number of thioether (sulfide) groups is 1. The molecular formula is C19H26N2O2S. The van der Waals surface area contributed by atoms with E-state index in [9.17, 15) is 9.59 Å². The Hall–Kier alpha value is -1.49. The molecule has 1 aromatic carbocycles. The summed E-state index contributed by atoms with van der Waals surface area (Å²) in [7, 11) is 1.92. The third-order valence-electron chi connectivity index (χ3n) is 5.13. The van der Waals surface area contributed by atoms with Crippen molar-refractivity contribution in [1.29, 1.82) is 0 Å². The molecule has 2 aliphatic rings. The lowest BCUT2D eigenvalue weighted by Crippen LogP contribution is -2.35. The Kier molecular flexibility index (Phi) is 5.49. The minimum atomic E-state index is 0.0847. The first-order valence-electron chi connectivity index (χ1n) is 8.89. The summed E-state index contributed by atoms with van der Waals surface area (Å²) in [6, 6.07) is 7.85. The van der Waals surface area contributed by atoms with Crippen molar-refractivity contribution in [1.82, 2.24) is 4.90 Å². The van der Waals surface area contributed by atoms with Crippen LogP contribution in [0, 0.1) is 0 Å². The molecule has 0 spiro atoms. The first-order valence-corrected chi connectivity index (χ1v) is 9.94. The maximum absolute atomic E-state index is 12.7. The molecule has 0 aromatic heterocycles. The van der Waals surface area contributed by atoms with Crippen LogP contribution in [0.15, 0.2) is 24.3 Å². The van der Waals surface area contributed by atoms with Gasteiger partial charge in [-0.1, -0.05) is 6.92 Å². The van der Waals surface area contributed by atoms with E-state index >= 15 is 0 Å². The zero-order valence-electron chi connectivity index (χ0n) is 14.5. The highest BCUT2D eigenvalue weighted by molar-refractivity contribution is 7.99. The summed E-state index contributed by atoms with van der Waals surface area (Å²) in [5.74, 6) is 1.41. The molecule has 1 heterocycles. The summed E-state index contributed by atoms with van der Waals surface area (Å²) in [4.78, 5) is 28.3. The molecule has 24 heavy (non-hydrogen) atoms. The number of anilines is 1. The number of carbonyl (C=O) groups is 2. The summed E-state index contributed by atoms with van der Waals surface area (Å²) in [5, 5.41) is 0.693. The van der Waals surface area contributed by atoms with E-state index in [-0.39, 0.29) is 11.8 Å². The van der Waals surface area contributed by atoms with Crippen molar-refractivity contribution in [3.05, 3.63) is 29.8 Å². The van der Waals surface area contributed by atoms with Crippen molar-refractivity contribution in [3.63, 3.8) is 0 Å². The third-order valence-corrected chi connectivity index (χ3v) is 6.36. The maximum atomic E-state index is 12.7. The van der Waals surface area contributed by atoms with Gasteiger partial charge in [-0.15, -0.1) is 0 Å². The molecule has 1 aliphatic heterocycles. The van der Waals surface area contributed by atoms with Gasteiger partial charge >= 0.3 is 0 Å². The fraction of sp³-hybridized carbons (Fsp3) is 0.579. The number of benzene rings is 1. The van der Waals surface area contributed by atoms with Gasteiger partial charge in [-0.2, -0.15) is 11.8 Å². The van der Waals surface area contributed by atoms with Crippen molar-refractivity contribution >= 4 is 29.3 Å². The second kappa shape index (κ2) is 7.60. The van der Waals surface area contributed by atoms with E-state index in [0.29, 0.717) is 23.3 Å². The molecule has 2 amide bonds. The van der Waals surface area contributed by atoms with Gasteiger partial charge in [0.1, 0.15) is 0 Å². The Morgan fingerprint density at radius 2 is 2.04 bits per heavy atom. The van der Waals surface area contributed by atoms with E-state index in [0.717, 1.165) is 37.2 Å². The van der Waals surface area contributed by atoms with Crippen LogP contribution in [0.2, 0.25) is 0 Å². The van der Waals surface area contributed by atoms with Crippen molar-refractivity contribution in [2.75, 3.05) is 24.2 Å². The van der Waals surface area contributed by atoms with Gasteiger partial charge in [0.15, 0.2) is 0 Å². The first kappa shape index (κ1) is 17.3. The van der Waals surface area contributed by atoms with Crippen LogP contribution in [0.5, 0.6) is 0 Å². The molecule has 2 fully saturated rings. The Bertz CT molecular complexity index is 602. The highest BCUT2D eigenvalue weighted by Gasteiger charge is 2.30. The fourth-order valence-corrected chi connectivity index (χ4v) is 4.86. The lowest BCUT2D eigenvalue weighted by Gasteiger charge is -2.25. The van der Waals surface area contributed by atoms with Crippen LogP contribution in [0.4, 0.5) is 5.69 Å². The minimum Gasteiger partial charge on any atom is -0.339 e. The highest BCUT2D eigenvalue weighted by Crippen LogP contribution is 2.32. The zero-order chi connectivity index (χ0) is 17.1. The SMILES string of the molecule is CCS[C@@H]1CC[C@H](N(C)C(=O)c2ccc(N3CCCC3=O)cc2)C1. The smallest absolute Gasteiger partial charge is 0.253 e. The molecule has 3 rings (SSSR count). The molecule has 1 aliphatic carbocycles. The number of nitrogens with zero attached hydrogens (tertiary/aromatic N) is 2. The standard InChI is InChI=1S/C19H26N2O2S/c1-3-24-17-11-10-16(13-17)20(2)19(23)14-6-8-15(9-7-14)21-12-4-5-18(21)22/h6-9,16-17H,3-5,10-13H2,1-2H3/t16-,17+/m0/s1. The van der Waals surface area contributed by atoms with Gasteiger partial charge in [-0.3, -0.25) is 9.59 Å². The molecule has 2 atom stereocenters. The predicted octanol–water partition coefficient (Wildman–Crippen LogP) is 3.56. The molecule has 4 nitrogen and oxygen atoms in total. The topological polar surface area (TPSA) is 40.6 Å². The predicted molar refractivity (Wildman–Crippen MR) is 99.7 cm³/mol. The van der Waals surface area contributed by atoms with E-state index < -0.39 is 0 Å². The van der Waals surface area contributed by atoms with Crippen molar-refractivity contribution in [2.24, 2.45) is 0 Å². The number of hydrogen-bond acceptors (Lipinski definition) is 3. The van der Waals surface area contributed by atoms with Crippen LogP contribution in [-0.2, 0) is 4.79 Å². The van der Waals surface area contributed by atoms with Gasteiger partial charge in [0.2, 0.25) is 5.91 Å². The van der Waals surface area contributed by atoms with Gasteiger partial charge in [0, 0.05) is 42.6 Å². The van der Waals surface area contributed by atoms with E-state index in [4.69, 9.17) is 0 Å². The fourth-order valence-electron chi connectivity index (χ4n) is 3.73. The minimum absolute atomic E-state index is 0.0847. The molecule has 0 bridgehead atoms. The lowest BCUT2D eigenvalue weighted by atomic mass is 10.1.